The lowest BCUT2D eigenvalue weighted by molar-refractivity contribution is 0.0953. The highest BCUT2D eigenvalue weighted by molar-refractivity contribution is 5.94. The molecule has 92 valence electrons. The lowest BCUT2D eigenvalue weighted by atomic mass is 10.1. The molecule has 0 aliphatic carbocycles. The highest BCUT2D eigenvalue weighted by Gasteiger charge is 2.02. The lowest BCUT2D eigenvalue weighted by Gasteiger charge is -2.05. The van der Waals surface area contributed by atoms with Gasteiger partial charge in [-0.15, -0.1) is 0 Å². The molecule has 0 spiro atoms. The molecular weight excluding hydrogens is 222 g/mol. The maximum Gasteiger partial charge on any atom is 0.251 e. The molecule has 2 rings (SSSR count). The molecule has 0 saturated carbocycles. The first-order valence-corrected chi connectivity index (χ1v) is 6.15. The van der Waals surface area contributed by atoms with Crippen molar-refractivity contribution in [2.24, 2.45) is 0 Å². The number of rotatable bonds is 5. The van der Waals surface area contributed by atoms with Gasteiger partial charge in [-0.2, -0.15) is 0 Å². The number of carbonyl (C=O) groups excluding carboxylic acids is 1. The van der Waals surface area contributed by atoms with Gasteiger partial charge < -0.3 is 5.32 Å². The Morgan fingerprint density at radius 2 is 1.78 bits per heavy atom. The van der Waals surface area contributed by atoms with E-state index < -0.39 is 0 Å². The monoisotopic (exact) mass is 240 g/mol. The van der Waals surface area contributed by atoms with Gasteiger partial charge in [0.1, 0.15) is 0 Å². The second-order valence-corrected chi connectivity index (χ2v) is 4.12. The van der Waals surface area contributed by atoms with E-state index in [1.54, 1.807) is 24.3 Å². The summed E-state index contributed by atoms with van der Waals surface area (Å²) in [6.45, 7) is 0.627. The van der Waals surface area contributed by atoms with Crippen molar-refractivity contribution in [2.75, 3.05) is 6.54 Å². The molecule has 0 aromatic heterocycles. The van der Waals surface area contributed by atoms with Crippen LogP contribution in [0.4, 0.5) is 0 Å². The molecule has 0 unspecified atom stereocenters. The van der Waals surface area contributed by atoms with Crippen LogP contribution in [0.3, 0.4) is 0 Å². The van der Waals surface area contributed by atoms with E-state index in [2.05, 4.69) is 17.4 Å². The minimum absolute atomic E-state index is 0.168. The Bertz CT molecular complexity index is 539. The van der Waals surface area contributed by atoms with Gasteiger partial charge in [0.25, 0.3) is 5.91 Å². The summed E-state index contributed by atoms with van der Waals surface area (Å²) in [5.74, 6) is -0.168. The summed E-state index contributed by atoms with van der Waals surface area (Å²) in [5, 5.41) is 2.85. The number of carbonyl (C=O) groups is 1. The van der Waals surface area contributed by atoms with Gasteiger partial charge in [-0.25, -0.2) is 0 Å². The molecule has 0 heterocycles. The van der Waals surface area contributed by atoms with Crippen molar-refractivity contribution in [3.05, 3.63) is 71.8 Å². The van der Waals surface area contributed by atoms with Crippen LogP contribution in [0.1, 0.15) is 23.7 Å². The normalized spacial score (nSPS) is 10.8. The van der Waals surface area contributed by atoms with E-state index in [0.717, 1.165) is 12.8 Å². The van der Waals surface area contributed by atoms with Gasteiger partial charge in [-0.05, 0) is 30.5 Å². The molecule has 0 atom stereocenters. The van der Waals surface area contributed by atoms with Crippen molar-refractivity contribution in [2.45, 2.75) is 12.8 Å². The van der Waals surface area contributed by atoms with Crippen LogP contribution in [0.25, 0.3) is 0 Å². The maximum absolute atomic E-state index is 11.8. The second-order valence-electron chi connectivity index (χ2n) is 4.12. The number of benzene rings is 2. The first kappa shape index (κ1) is 11.0. The van der Waals surface area contributed by atoms with Crippen LogP contribution in [0.15, 0.2) is 60.6 Å². The lowest BCUT2D eigenvalue weighted by Crippen LogP contribution is -2.24. The minimum Gasteiger partial charge on any atom is -0.352 e. The summed E-state index contributed by atoms with van der Waals surface area (Å²) in [5.41, 5.74) is 1.71. The van der Waals surface area contributed by atoms with Crippen LogP contribution in [-0.4, -0.2) is 12.5 Å². The Balaban J connectivity index is 1.77. The predicted molar refractivity (Wildman–Crippen MR) is 73.5 cm³/mol. The van der Waals surface area contributed by atoms with Crippen LogP contribution in [0.2, 0.25) is 0 Å². The Morgan fingerprint density at radius 1 is 1.06 bits per heavy atom. The molecule has 2 nitrogen and oxygen atoms in total. The van der Waals surface area contributed by atoms with E-state index >= 15 is 0 Å². The maximum atomic E-state index is 11.8. The van der Waals surface area contributed by atoms with Gasteiger partial charge in [0.05, 0.1) is 1.37 Å². The van der Waals surface area contributed by atoms with E-state index in [1.165, 1.54) is 5.56 Å². The average Bonchev–Trinajstić information content (AvgIpc) is 2.45. The molecule has 2 aromatic carbocycles. The molecular formula is C16H17NO. The highest BCUT2D eigenvalue weighted by Crippen LogP contribution is 2.02. The van der Waals surface area contributed by atoms with Gasteiger partial charge in [0.15, 0.2) is 0 Å². The number of aryl methyl sites for hydroxylation is 1. The smallest absolute Gasteiger partial charge is 0.251 e. The number of nitrogens with one attached hydrogen (secondary N) is 1. The number of amides is 1. The summed E-state index contributed by atoms with van der Waals surface area (Å²) in [6, 6.07) is 17.3. The summed E-state index contributed by atoms with van der Waals surface area (Å²) >= 11 is 0. The summed E-state index contributed by atoms with van der Waals surface area (Å²) in [4.78, 5) is 11.8. The Kier molecular flexibility index (Phi) is 4.04. The minimum atomic E-state index is -0.168. The largest absolute Gasteiger partial charge is 0.352 e. The third-order valence-electron chi connectivity index (χ3n) is 2.72. The topological polar surface area (TPSA) is 29.1 Å². The predicted octanol–water partition coefficient (Wildman–Crippen LogP) is 3.05. The fourth-order valence-corrected chi connectivity index (χ4v) is 1.77. The first-order chi connectivity index (χ1) is 9.27. The van der Waals surface area contributed by atoms with E-state index in [4.69, 9.17) is 1.37 Å². The van der Waals surface area contributed by atoms with Crippen molar-refractivity contribution in [1.29, 1.82) is 0 Å². The zero-order valence-corrected chi connectivity index (χ0v) is 10.2. The zero-order chi connectivity index (χ0) is 13.5. The van der Waals surface area contributed by atoms with Crippen molar-refractivity contribution >= 4 is 5.91 Å². The van der Waals surface area contributed by atoms with E-state index in [0.29, 0.717) is 12.1 Å². The quantitative estimate of drug-likeness (QED) is 0.800. The number of hydrogen-bond acceptors (Lipinski definition) is 1. The van der Waals surface area contributed by atoms with Gasteiger partial charge in [-0.1, -0.05) is 48.5 Å². The van der Waals surface area contributed by atoms with E-state index in [1.807, 2.05) is 18.2 Å². The highest BCUT2D eigenvalue weighted by atomic mass is 16.1. The van der Waals surface area contributed by atoms with Crippen LogP contribution >= 0.6 is 0 Å². The zero-order valence-electron chi connectivity index (χ0n) is 11.2. The standard InChI is InChI=1S/C16H17NO/c18-16(15-11-5-2-6-12-15)17-13-7-10-14-8-3-1-4-9-14/h1-6,8-9,11-12H,7,10,13H2,(H,17,18)/i11D. The third kappa shape index (κ3) is 3.74. The molecule has 1 amide bonds. The SMILES string of the molecule is [2H]c1ccccc1C(=O)NCCCc1ccccc1. The first-order valence-electron chi connectivity index (χ1n) is 6.65. The molecule has 0 saturated heterocycles. The molecule has 2 heteroatoms. The van der Waals surface area contributed by atoms with E-state index in [-0.39, 0.29) is 11.9 Å². The van der Waals surface area contributed by atoms with Crippen LogP contribution in [-0.2, 0) is 6.42 Å². The molecule has 0 bridgehead atoms. The van der Waals surface area contributed by atoms with E-state index in [9.17, 15) is 4.79 Å². The average molecular weight is 240 g/mol. The Labute approximate surface area is 109 Å². The molecule has 0 aliphatic rings. The molecule has 0 aliphatic heterocycles. The van der Waals surface area contributed by atoms with Crippen molar-refractivity contribution in [1.82, 2.24) is 5.32 Å². The van der Waals surface area contributed by atoms with Crippen LogP contribution in [0, 0.1) is 0 Å². The van der Waals surface area contributed by atoms with Gasteiger partial charge >= 0.3 is 0 Å². The summed E-state index contributed by atoms with van der Waals surface area (Å²) < 4.78 is 7.66. The van der Waals surface area contributed by atoms with Gasteiger partial charge in [0, 0.05) is 12.1 Å². The molecule has 0 radical (unpaired) electrons. The fourth-order valence-electron chi connectivity index (χ4n) is 1.77. The second kappa shape index (κ2) is 6.60. The Morgan fingerprint density at radius 3 is 2.56 bits per heavy atom. The Hall–Kier alpha value is -2.09. The van der Waals surface area contributed by atoms with Crippen molar-refractivity contribution < 1.29 is 6.17 Å². The third-order valence-corrected chi connectivity index (χ3v) is 2.72. The van der Waals surface area contributed by atoms with Crippen molar-refractivity contribution in [3.8, 4) is 0 Å². The summed E-state index contributed by atoms with van der Waals surface area (Å²) in [7, 11) is 0. The summed E-state index contributed by atoms with van der Waals surface area (Å²) in [6.07, 6.45) is 1.85. The van der Waals surface area contributed by atoms with Crippen LogP contribution in [0.5, 0.6) is 0 Å². The molecule has 18 heavy (non-hydrogen) atoms. The van der Waals surface area contributed by atoms with Gasteiger partial charge in [0.2, 0.25) is 0 Å². The van der Waals surface area contributed by atoms with Crippen LogP contribution < -0.4 is 5.32 Å². The molecule has 2 aromatic rings. The number of hydrogen-bond donors (Lipinski definition) is 1. The van der Waals surface area contributed by atoms with Gasteiger partial charge in [-0.3, -0.25) is 4.79 Å². The fraction of sp³-hybridized carbons (Fsp3) is 0.188. The molecule has 1 N–H and O–H groups in total. The van der Waals surface area contributed by atoms with Crippen molar-refractivity contribution in [3.63, 3.8) is 0 Å². The molecule has 0 fully saturated rings.